The lowest BCUT2D eigenvalue weighted by Crippen LogP contribution is -2.39. The summed E-state index contributed by atoms with van der Waals surface area (Å²) in [6.45, 7) is 7.38. The third-order valence-electron chi connectivity index (χ3n) is 4.07. The number of ether oxygens (including phenoxy) is 1. The van der Waals surface area contributed by atoms with Gasteiger partial charge in [-0.1, -0.05) is 44.2 Å². The Morgan fingerprint density at radius 2 is 1.75 bits per heavy atom. The zero-order valence-electron chi connectivity index (χ0n) is 12.9. The summed E-state index contributed by atoms with van der Waals surface area (Å²) < 4.78 is 5.76. The highest BCUT2D eigenvalue weighted by Crippen LogP contribution is 2.27. The summed E-state index contributed by atoms with van der Waals surface area (Å²) in [5.74, 6) is -0.817. The fourth-order valence-electron chi connectivity index (χ4n) is 2.15. The third kappa shape index (κ3) is 4.34. The van der Waals surface area contributed by atoms with Gasteiger partial charge in [-0.2, -0.15) is 0 Å². The molecule has 1 aromatic carbocycles. The van der Waals surface area contributed by atoms with E-state index in [2.05, 4.69) is 0 Å². The molecule has 1 aromatic rings. The van der Waals surface area contributed by atoms with Crippen molar-refractivity contribution in [2.75, 3.05) is 0 Å². The summed E-state index contributed by atoms with van der Waals surface area (Å²) in [5, 5.41) is 9.52. The van der Waals surface area contributed by atoms with Crippen molar-refractivity contribution in [1.82, 2.24) is 0 Å². The molecule has 0 aliphatic carbocycles. The SMILES string of the molecule is CCC(CC)(Cc1ccccc1)OC(=O)[C@H](C)[C@@H](C)O. The predicted octanol–water partition coefficient (Wildman–Crippen LogP) is 3.35. The number of aliphatic hydroxyl groups excluding tert-OH is 1. The molecule has 1 N–H and O–H groups in total. The Morgan fingerprint density at radius 1 is 1.20 bits per heavy atom. The molecule has 0 saturated carbocycles. The molecule has 3 nitrogen and oxygen atoms in total. The maximum absolute atomic E-state index is 12.1. The molecular formula is C17H26O3. The van der Waals surface area contributed by atoms with Crippen molar-refractivity contribution < 1.29 is 14.6 Å². The molecule has 0 fully saturated rings. The van der Waals surface area contributed by atoms with Gasteiger partial charge < -0.3 is 9.84 Å². The lowest BCUT2D eigenvalue weighted by Gasteiger charge is -2.33. The minimum absolute atomic E-state index is 0.320. The van der Waals surface area contributed by atoms with E-state index in [9.17, 15) is 9.90 Å². The number of esters is 1. The Hall–Kier alpha value is -1.35. The van der Waals surface area contributed by atoms with Crippen molar-refractivity contribution in [3.63, 3.8) is 0 Å². The van der Waals surface area contributed by atoms with Crippen LogP contribution in [-0.2, 0) is 16.0 Å². The van der Waals surface area contributed by atoms with Crippen molar-refractivity contribution in [2.24, 2.45) is 5.92 Å². The van der Waals surface area contributed by atoms with Crippen LogP contribution in [0.2, 0.25) is 0 Å². The van der Waals surface area contributed by atoms with Gasteiger partial charge >= 0.3 is 5.97 Å². The minimum Gasteiger partial charge on any atom is -0.458 e. The van der Waals surface area contributed by atoms with E-state index in [4.69, 9.17) is 4.74 Å². The van der Waals surface area contributed by atoms with Crippen LogP contribution < -0.4 is 0 Å². The van der Waals surface area contributed by atoms with Gasteiger partial charge in [-0.05, 0) is 32.3 Å². The van der Waals surface area contributed by atoms with E-state index in [-0.39, 0.29) is 5.97 Å². The molecule has 0 heterocycles. The molecule has 0 spiro atoms. The van der Waals surface area contributed by atoms with Crippen LogP contribution in [0.1, 0.15) is 46.1 Å². The Labute approximate surface area is 122 Å². The fourth-order valence-corrected chi connectivity index (χ4v) is 2.15. The molecule has 3 heteroatoms. The molecule has 2 atom stereocenters. The van der Waals surface area contributed by atoms with E-state index in [1.165, 1.54) is 0 Å². The van der Waals surface area contributed by atoms with Crippen molar-refractivity contribution in [3.8, 4) is 0 Å². The third-order valence-corrected chi connectivity index (χ3v) is 4.07. The van der Waals surface area contributed by atoms with Gasteiger partial charge in [-0.15, -0.1) is 0 Å². The first-order valence-corrected chi connectivity index (χ1v) is 7.39. The van der Waals surface area contributed by atoms with Gasteiger partial charge in [0, 0.05) is 6.42 Å². The van der Waals surface area contributed by atoms with Gasteiger partial charge in [0.1, 0.15) is 5.60 Å². The van der Waals surface area contributed by atoms with Gasteiger partial charge in [0.15, 0.2) is 0 Å². The highest BCUT2D eigenvalue weighted by molar-refractivity contribution is 5.73. The van der Waals surface area contributed by atoms with Crippen molar-refractivity contribution in [2.45, 2.75) is 58.7 Å². The first-order chi connectivity index (χ1) is 9.44. The van der Waals surface area contributed by atoms with E-state index in [0.29, 0.717) is 6.42 Å². The minimum atomic E-state index is -0.689. The van der Waals surface area contributed by atoms with Gasteiger partial charge in [-0.25, -0.2) is 0 Å². The van der Waals surface area contributed by atoms with E-state index >= 15 is 0 Å². The van der Waals surface area contributed by atoms with E-state index in [0.717, 1.165) is 18.4 Å². The standard InChI is InChI=1S/C17H26O3/c1-5-17(6-2,12-15-10-8-7-9-11-15)20-16(19)13(3)14(4)18/h7-11,13-14,18H,5-6,12H2,1-4H3/t13-,14-/m1/s1. The zero-order chi connectivity index (χ0) is 15.2. The van der Waals surface area contributed by atoms with Crippen LogP contribution in [-0.4, -0.2) is 22.8 Å². The molecule has 0 bridgehead atoms. The van der Waals surface area contributed by atoms with Crippen LogP contribution in [0.15, 0.2) is 30.3 Å². The monoisotopic (exact) mass is 278 g/mol. The lowest BCUT2D eigenvalue weighted by molar-refractivity contribution is -0.168. The van der Waals surface area contributed by atoms with Gasteiger partial charge in [0.05, 0.1) is 12.0 Å². The van der Waals surface area contributed by atoms with Gasteiger partial charge in [-0.3, -0.25) is 4.79 Å². The maximum Gasteiger partial charge on any atom is 0.311 e. The average molecular weight is 278 g/mol. The molecular weight excluding hydrogens is 252 g/mol. The van der Waals surface area contributed by atoms with Crippen LogP contribution in [0.5, 0.6) is 0 Å². The fraction of sp³-hybridized carbons (Fsp3) is 0.588. The van der Waals surface area contributed by atoms with E-state index in [1.807, 2.05) is 44.2 Å². The molecule has 0 saturated heterocycles. The van der Waals surface area contributed by atoms with Crippen molar-refractivity contribution in [3.05, 3.63) is 35.9 Å². The zero-order valence-corrected chi connectivity index (χ0v) is 12.9. The second kappa shape index (κ2) is 7.44. The summed E-state index contributed by atoms with van der Waals surface area (Å²) in [6.07, 6.45) is 1.54. The molecule has 1 rings (SSSR count). The predicted molar refractivity (Wildman–Crippen MR) is 80.4 cm³/mol. The van der Waals surface area contributed by atoms with Crippen LogP contribution in [0.4, 0.5) is 0 Å². The number of hydrogen-bond donors (Lipinski definition) is 1. The quantitative estimate of drug-likeness (QED) is 0.778. The average Bonchev–Trinajstić information content (AvgIpc) is 2.46. The number of carbonyl (C=O) groups excluding carboxylic acids is 1. The van der Waals surface area contributed by atoms with Crippen LogP contribution in [0.3, 0.4) is 0 Å². The second-order valence-electron chi connectivity index (χ2n) is 5.50. The number of aliphatic hydroxyl groups is 1. The molecule has 0 unspecified atom stereocenters. The molecule has 112 valence electrons. The van der Waals surface area contributed by atoms with Crippen molar-refractivity contribution >= 4 is 5.97 Å². The topological polar surface area (TPSA) is 46.5 Å². The maximum atomic E-state index is 12.1. The van der Waals surface area contributed by atoms with E-state index in [1.54, 1.807) is 13.8 Å². The summed E-state index contributed by atoms with van der Waals surface area (Å²) >= 11 is 0. The number of carbonyl (C=O) groups is 1. The molecule has 0 aliphatic heterocycles. The van der Waals surface area contributed by atoms with Crippen LogP contribution in [0.25, 0.3) is 0 Å². The van der Waals surface area contributed by atoms with Gasteiger partial charge in [0.25, 0.3) is 0 Å². The van der Waals surface area contributed by atoms with Crippen LogP contribution >= 0.6 is 0 Å². The Kier molecular flexibility index (Phi) is 6.21. The van der Waals surface area contributed by atoms with Crippen LogP contribution in [0, 0.1) is 5.92 Å². The summed E-state index contributed by atoms with van der Waals surface area (Å²) in [5.41, 5.74) is 0.676. The number of rotatable bonds is 7. The molecule has 0 radical (unpaired) electrons. The highest BCUT2D eigenvalue weighted by Gasteiger charge is 2.33. The Balaban J connectivity index is 2.84. The summed E-state index contributed by atoms with van der Waals surface area (Å²) in [7, 11) is 0. The summed E-state index contributed by atoms with van der Waals surface area (Å²) in [6, 6.07) is 10.1. The van der Waals surface area contributed by atoms with Crippen molar-refractivity contribution in [1.29, 1.82) is 0 Å². The van der Waals surface area contributed by atoms with Gasteiger partial charge in [0.2, 0.25) is 0 Å². The molecule has 0 aliphatic rings. The Morgan fingerprint density at radius 3 is 2.20 bits per heavy atom. The second-order valence-corrected chi connectivity index (χ2v) is 5.50. The highest BCUT2D eigenvalue weighted by atomic mass is 16.6. The number of hydrogen-bond acceptors (Lipinski definition) is 3. The molecule has 0 amide bonds. The van der Waals surface area contributed by atoms with E-state index < -0.39 is 17.6 Å². The smallest absolute Gasteiger partial charge is 0.311 e. The summed E-state index contributed by atoms with van der Waals surface area (Å²) in [4.78, 5) is 12.1. The first kappa shape index (κ1) is 16.7. The molecule has 0 aromatic heterocycles. The first-order valence-electron chi connectivity index (χ1n) is 7.39. The largest absolute Gasteiger partial charge is 0.458 e. The normalized spacial score (nSPS) is 14.7. The Bertz CT molecular complexity index is 408. The molecule has 20 heavy (non-hydrogen) atoms. The lowest BCUT2D eigenvalue weighted by atomic mass is 9.89. The number of benzene rings is 1.